The molecule has 1 unspecified atom stereocenters. The van der Waals surface area contributed by atoms with Gasteiger partial charge in [0.1, 0.15) is 0 Å². The third kappa shape index (κ3) is 2.42. The summed E-state index contributed by atoms with van der Waals surface area (Å²) in [6.07, 6.45) is 2.28. The molecule has 1 atom stereocenters. The lowest BCUT2D eigenvalue weighted by Crippen LogP contribution is -2.19. The molecule has 0 fully saturated rings. The van der Waals surface area contributed by atoms with Gasteiger partial charge in [-0.2, -0.15) is 0 Å². The van der Waals surface area contributed by atoms with Crippen molar-refractivity contribution in [3.05, 3.63) is 33.6 Å². The fourth-order valence-corrected chi connectivity index (χ4v) is 4.02. The molecule has 17 heavy (non-hydrogen) atoms. The number of hydrogen-bond acceptors (Lipinski definition) is 2. The van der Waals surface area contributed by atoms with Gasteiger partial charge in [-0.25, -0.2) is 0 Å². The number of nitrogens with two attached hydrogens (primary N) is 1. The van der Waals surface area contributed by atoms with Gasteiger partial charge in [0.05, 0.1) is 0 Å². The van der Waals surface area contributed by atoms with Crippen molar-refractivity contribution in [2.45, 2.75) is 32.7 Å². The Bertz CT molecular complexity index is 502. The fourth-order valence-electron chi connectivity index (χ4n) is 2.35. The molecule has 0 spiro atoms. The van der Waals surface area contributed by atoms with Gasteiger partial charge < -0.3 is 5.73 Å². The van der Waals surface area contributed by atoms with Crippen LogP contribution in [0.5, 0.6) is 0 Å². The smallest absolute Gasteiger partial charge is 0.0488 e. The second kappa shape index (κ2) is 5.51. The third-order valence-corrected chi connectivity index (χ3v) is 5.47. The van der Waals surface area contributed by atoms with Gasteiger partial charge >= 0.3 is 0 Å². The van der Waals surface area contributed by atoms with Crippen LogP contribution in [0.25, 0.3) is 10.1 Å². The van der Waals surface area contributed by atoms with Crippen LogP contribution in [0.15, 0.2) is 28.1 Å². The number of benzene rings is 1. The van der Waals surface area contributed by atoms with E-state index < -0.39 is 0 Å². The van der Waals surface area contributed by atoms with Crippen molar-refractivity contribution in [2.75, 3.05) is 0 Å². The van der Waals surface area contributed by atoms with Crippen LogP contribution < -0.4 is 5.73 Å². The lowest BCUT2D eigenvalue weighted by molar-refractivity contribution is 0.408. The number of thiophene rings is 1. The summed E-state index contributed by atoms with van der Waals surface area (Å²) in [7, 11) is 0. The lowest BCUT2D eigenvalue weighted by Gasteiger charge is -2.20. The first-order valence-corrected chi connectivity index (χ1v) is 7.77. The summed E-state index contributed by atoms with van der Waals surface area (Å²) in [4.78, 5) is 0. The Morgan fingerprint density at radius 3 is 2.65 bits per heavy atom. The molecule has 1 aromatic heterocycles. The topological polar surface area (TPSA) is 26.0 Å². The first-order chi connectivity index (χ1) is 8.19. The second-order valence-electron chi connectivity index (χ2n) is 4.41. The lowest BCUT2D eigenvalue weighted by atomic mass is 9.89. The molecular weight excluding hydrogens is 294 g/mol. The second-order valence-corrected chi connectivity index (χ2v) is 6.14. The molecule has 0 aliphatic heterocycles. The van der Waals surface area contributed by atoms with Gasteiger partial charge in [-0.3, -0.25) is 0 Å². The van der Waals surface area contributed by atoms with Crippen LogP contribution in [-0.4, -0.2) is 0 Å². The molecule has 0 saturated carbocycles. The molecule has 2 aromatic rings. The molecule has 2 N–H and O–H groups in total. The van der Waals surface area contributed by atoms with E-state index in [9.17, 15) is 0 Å². The maximum Gasteiger partial charge on any atom is 0.0488 e. The van der Waals surface area contributed by atoms with Crippen molar-refractivity contribution in [3.63, 3.8) is 0 Å². The van der Waals surface area contributed by atoms with Crippen LogP contribution in [-0.2, 0) is 0 Å². The standard InChI is InChI=1S/C14H18BrNS/c1-3-9(4-2)13(16)11-8-17-14-10(11)6-5-7-12(14)15/h5-9,13H,3-4,16H2,1-2H3. The van der Waals surface area contributed by atoms with Gasteiger partial charge in [0.2, 0.25) is 0 Å². The molecule has 2 rings (SSSR count). The van der Waals surface area contributed by atoms with Crippen LogP contribution in [0, 0.1) is 5.92 Å². The summed E-state index contributed by atoms with van der Waals surface area (Å²) < 4.78 is 2.48. The normalized spacial score (nSPS) is 13.5. The van der Waals surface area contributed by atoms with Gasteiger partial charge in [-0.05, 0) is 44.2 Å². The number of halogens is 1. The predicted octanol–water partition coefficient (Wildman–Crippen LogP) is 5.10. The molecule has 1 aromatic carbocycles. The molecule has 0 bridgehead atoms. The summed E-state index contributed by atoms with van der Waals surface area (Å²) >= 11 is 5.38. The average molecular weight is 312 g/mol. The van der Waals surface area contributed by atoms with Crippen LogP contribution in [0.2, 0.25) is 0 Å². The molecule has 0 aliphatic carbocycles. The number of fused-ring (bicyclic) bond motifs is 1. The molecule has 0 aliphatic rings. The zero-order valence-corrected chi connectivity index (χ0v) is 12.6. The van der Waals surface area contributed by atoms with Crippen LogP contribution >= 0.6 is 27.3 Å². The quantitative estimate of drug-likeness (QED) is 0.835. The van der Waals surface area contributed by atoms with E-state index in [-0.39, 0.29) is 6.04 Å². The van der Waals surface area contributed by atoms with Gasteiger partial charge in [-0.1, -0.05) is 38.8 Å². The van der Waals surface area contributed by atoms with Gasteiger partial charge in [0.25, 0.3) is 0 Å². The van der Waals surface area contributed by atoms with Gasteiger partial charge in [0, 0.05) is 15.2 Å². The molecule has 1 nitrogen and oxygen atoms in total. The SMILES string of the molecule is CCC(CC)C(N)c1csc2c(Br)cccc12. The highest BCUT2D eigenvalue weighted by molar-refractivity contribution is 9.10. The fraction of sp³-hybridized carbons (Fsp3) is 0.429. The van der Waals surface area contributed by atoms with E-state index >= 15 is 0 Å². The minimum absolute atomic E-state index is 0.160. The molecule has 92 valence electrons. The summed E-state index contributed by atoms with van der Waals surface area (Å²) in [6, 6.07) is 6.51. The summed E-state index contributed by atoms with van der Waals surface area (Å²) in [6.45, 7) is 4.44. The molecule has 0 radical (unpaired) electrons. The Balaban J connectivity index is 2.45. The van der Waals surface area contributed by atoms with Crippen LogP contribution in [0.4, 0.5) is 0 Å². The van der Waals surface area contributed by atoms with E-state index in [0.29, 0.717) is 5.92 Å². The van der Waals surface area contributed by atoms with E-state index in [1.165, 1.54) is 20.1 Å². The zero-order valence-electron chi connectivity index (χ0n) is 10.2. The summed E-state index contributed by atoms with van der Waals surface area (Å²) in [5.74, 6) is 0.576. The third-order valence-electron chi connectivity index (χ3n) is 3.50. The first-order valence-electron chi connectivity index (χ1n) is 6.10. The van der Waals surface area contributed by atoms with Crippen molar-refractivity contribution in [2.24, 2.45) is 11.7 Å². The van der Waals surface area contributed by atoms with Crippen LogP contribution in [0.3, 0.4) is 0 Å². The average Bonchev–Trinajstić information content (AvgIpc) is 2.75. The Labute approximate surface area is 115 Å². The Hall–Kier alpha value is -0.380. The molecule has 0 saturated heterocycles. The van der Waals surface area contributed by atoms with Crippen molar-refractivity contribution >= 4 is 37.4 Å². The largest absolute Gasteiger partial charge is 0.324 e. The van der Waals surface area contributed by atoms with Gasteiger partial charge in [-0.15, -0.1) is 11.3 Å². The van der Waals surface area contributed by atoms with Crippen molar-refractivity contribution in [1.29, 1.82) is 0 Å². The summed E-state index contributed by atoms with van der Waals surface area (Å²) in [5, 5.41) is 3.53. The molecule has 3 heteroatoms. The summed E-state index contributed by atoms with van der Waals surface area (Å²) in [5.41, 5.74) is 7.72. The van der Waals surface area contributed by atoms with E-state index in [0.717, 1.165) is 12.8 Å². The first kappa shape index (κ1) is 13.1. The minimum atomic E-state index is 0.160. The Morgan fingerprint density at radius 1 is 1.29 bits per heavy atom. The monoisotopic (exact) mass is 311 g/mol. The molecule has 0 amide bonds. The minimum Gasteiger partial charge on any atom is -0.324 e. The highest BCUT2D eigenvalue weighted by Gasteiger charge is 2.19. The highest BCUT2D eigenvalue weighted by Crippen LogP contribution is 2.37. The molecule has 1 heterocycles. The maximum absolute atomic E-state index is 6.41. The highest BCUT2D eigenvalue weighted by atomic mass is 79.9. The Kier molecular flexibility index (Phi) is 4.23. The number of hydrogen-bond donors (Lipinski definition) is 1. The van der Waals surface area contributed by atoms with Crippen molar-refractivity contribution in [1.82, 2.24) is 0 Å². The Morgan fingerprint density at radius 2 is 2.00 bits per heavy atom. The zero-order chi connectivity index (χ0) is 12.4. The van der Waals surface area contributed by atoms with E-state index in [1.807, 2.05) is 0 Å². The van der Waals surface area contributed by atoms with Crippen molar-refractivity contribution in [3.8, 4) is 0 Å². The van der Waals surface area contributed by atoms with E-state index in [2.05, 4.69) is 53.4 Å². The van der Waals surface area contributed by atoms with E-state index in [1.54, 1.807) is 11.3 Å². The maximum atomic E-state index is 6.41. The van der Waals surface area contributed by atoms with Crippen LogP contribution in [0.1, 0.15) is 38.3 Å². The predicted molar refractivity (Wildman–Crippen MR) is 80.5 cm³/mol. The van der Waals surface area contributed by atoms with Crippen molar-refractivity contribution < 1.29 is 0 Å². The van der Waals surface area contributed by atoms with Gasteiger partial charge in [0.15, 0.2) is 0 Å². The molecular formula is C14H18BrNS. The van der Waals surface area contributed by atoms with E-state index in [4.69, 9.17) is 5.73 Å². The number of rotatable bonds is 4.